The Hall–Kier alpha value is -2.41. The van der Waals surface area contributed by atoms with Crippen LogP contribution in [0, 0.1) is 13.8 Å². The van der Waals surface area contributed by atoms with Gasteiger partial charge in [0.1, 0.15) is 0 Å². The van der Waals surface area contributed by atoms with Gasteiger partial charge in [0.2, 0.25) is 0 Å². The highest BCUT2D eigenvalue weighted by Gasteiger charge is 2.17. The lowest BCUT2D eigenvalue weighted by atomic mass is 10.3. The van der Waals surface area contributed by atoms with E-state index in [0.717, 1.165) is 24.2 Å². The summed E-state index contributed by atoms with van der Waals surface area (Å²) in [6, 6.07) is 5.11. The largest absolute Gasteiger partial charge is 0.451 e. The number of amides is 1. The van der Waals surface area contributed by atoms with E-state index in [-0.39, 0.29) is 23.2 Å². The Kier molecular flexibility index (Phi) is 6.52. The molecule has 0 saturated carbocycles. The summed E-state index contributed by atoms with van der Waals surface area (Å²) in [5.74, 6) is -0.652. The maximum Gasteiger partial charge on any atom is 0.359 e. The van der Waals surface area contributed by atoms with Crippen molar-refractivity contribution < 1.29 is 14.3 Å². The van der Waals surface area contributed by atoms with E-state index in [9.17, 15) is 9.59 Å². The summed E-state index contributed by atoms with van der Waals surface area (Å²) in [6.07, 6.45) is 1.84. The highest BCUT2D eigenvalue weighted by atomic mass is 35.5. The molecule has 0 saturated heterocycles. The number of hydrogen-bond acceptors (Lipinski definition) is 5. The van der Waals surface area contributed by atoms with E-state index in [1.54, 1.807) is 16.8 Å². The van der Waals surface area contributed by atoms with Crippen molar-refractivity contribution in [1.82, 2.24) is 20.1 Å². The van der Waals surface area contributed by atoms with Crippen LogP contribution >= 0.6 is 11.6 Å². The van der Waals surface area contributed by atoms with Gasteiger partial charge in [0.25, 0.3) is 5.91 Å². The second kappa shape index (κ2) is 8.62. The van der Waals surface area contributed by atoms with Gasteiger partial charge in [-0.1, -0.05) is 24.9 Å². The predicted molar refractivity (Wildman–Crippen MR) is 94.0 cm³/mol. The van der Waals surface area contributed by atoms with E-state index in [1.165, 1.54) is 0 Å². The van der Waals surface area contributed by atoms with Crippen LogP contribution < -0.4 is 5.32 Å². The fourth-order valence-electron chi connectivity index (χ4n) is 2.21. The van der Waals surface area contributed by atoms with E-state index in [2.05, 4.69) is 15.4 Å². The molecule has 0 aliphatic rings. The van der Waals surface area contributed by atoms with E-state index >= 15 is 0 Å². The quantitative estimate of drug-likeness (QED) is 0.602. The number of unbranched alkanes of at least 4 members (excludes halogenated alkanes) is 1. The third-order valence-corrected chi connectivity index (χ3v) is 3.74. The van der Waals surface area contributed by atoms with Crippen molar-refractivity contribution in [1.29, 1.82) is 0 Å². The molecular weight excluding hydrogens is 344 g/mol. The molecule has 2 heterocycles. The smallest absolute Gasteiger partial charge is 0.359 e. The number of nitrogens with zero attached hydrogens (tertiary/aromatic N) is 3. The molecule has 0 aliphatic carbocycles. The van der Waals surface area contributed by atoms with Crippen LogP contribution in [-0.2, 0) is 9.53 Å². The Bertz CT molecular complexity index is 773. The average Bonchev–Trinajstić information content (AvgIpc) is 2.92. The van der Waals surface area contributed by atoms with Gasteiger partial charge >= 0.3 is 5.97 Å². The Morgan fingerprint density at radius 3 is 2.72 bits per heavy atom. The topological polar surface area (TPSA) is 86.1 Å². The zero-order chi connectivity index (χ0) is 18.4. The van der Waals surface area contributed by atoms with Crippen molar-refractivity contribution in [2.45, 2.75) is 33.6 Å². The van der Waals surface area contributed by atoms with Crippen LogP contribution in [0.15, 0.2) is 18.2 Å². The molecule has 2 rings (SSSR count). The Balaban J connectivity index is 2.08. The number of ether oxygens (including phenoxy) is 1. The number of hydrogen-bond donors (Lipinski definition) is 1. The van der Waals surface area contributed by atoms with Crippen LogP contribution in [0.4, 0.5) is 0 Å². The van der Waals surface area contributed by atoms with Crippen molar-refractivity contribution in [3.63, 3.8) is 0 Å². The van der Waals surface area contributed by atoms with Crippen LogP contribution in [0.1, 0.15) is 41.6 Å². The summed E-state index contributed by atoms with van der Waals surface area (Å²) in [6.45, 7) is 5.96. The minimum absolute atomic E-state index is 0.0481. The number of carbonyl (C=O) groups excluding carboxylic acids is 2. The van der Waals surface area contributed by atoms with Crippen LogP contribution in [0.5, 0.6) is 0 Å². The predicted octanol–water partition coefficient (Wildman–Crippen LogP) is 2.61. The first-order valence-corrected chi connectivity index (χ1v) is 8.44. The number of pyridine rings is 1. The highest BCUT2D eigenvalue weighted by molar-refractivity contribution is 6.33. The molecule has 8 heteroatoms. The van der Waals surface area contributed by atoms with Gasteiger partial charge in [0.15, 0.2) is 18.1 Å². The molecule has 134 valence electrons. The standard InChI is InChI=1S/C17H21ClN4O3/c1-4-5-8-19-15(23)10-25-17(24)16-13(18)6-7-14(20-16)22-12(3)9-11(2)21-22/h6-7,9H,4-5,8,10H2,1-3H3,(H,19,23). The molecule has 1 N–H and O–H groups in total. The Labute approximate surface area is 151 Å². The maximum absolute atomic E-state index is 12.2. The van der Waals surface area contributed by atoms with Crippen LogP contribution in [-0.4, -0.2) is 39.8 Å². The monoisotopic (exact) mass is 364 g/mol. The SMILES string of the molecule is CCCCNC(=O)COC(=O)c1nc(-n2nc(C)cc2C)ccc1Cl. The number of carbonyl (C=O) groups is 2. The third kappa shape index (κ3) is 5.03. The van der Waals surface area contributed by atoms with Crippen LogP contribution in [0.2, 0.25) is 5.02 Å². The molecule has 25 heavy (non-hydrogen) atoms. The van der Waals surface area contributed by atoms with E-state index < -0.39 is 5.97 Å². The first kappa shape index (κ1) is 18.9. The summed E-state index contributed by atoms with van der Waals surface area (Å²) in [4.78, 5) is 28.0. The van der Waals surface area contributed by atoms with Gasteiger partial charge in [0, 0.05) is 12.2 Å². The van der Waals surface area contributed by atoms with Crippen LogP contribution in [0.3, 0.4) is 0 Å². The number of aromatic nitrogens is 3. The third-order valence-electron chi connectivity index (χ3n) is 3.44. The molecule has 2 aromatic heterocycles. The summed E-state index contributed by atoms with van der Waals surface area (Å²) in [7, 11) is 0. The molecular formula is C17H21ClN4O3. The summed E-state index contributed by atoms with van der Waals surface area (Å²) in [5, 5.41) is 7.14. The molecule has 0 aromatic carbocycles. The lowest BCUT2D eigenvalue weighted by Crippen LogP contribution is -2.29. The number of nitrogens with one attached hydrogen (secondary N) is 1. The minimum atomic E-state index is -0.751. The number of halogens is 1. The number of rotatable bonds is 7. The zero-order valence-electron chi connectivity index (χ0n) is 14.5. The number of aryl methyl sites for hydroxylation is 2. The molecule has 0 atom stereocenters. The molecule has 0 aliphatic heterocycles. The van der Waals surface area contributed by atoms with Crippen molar-refractivity contribution in [2.24, 2.45) is 0 Å². The lowest BCUT2D eigenvalue weighted by Gasteiger charge is -2.09. The Morgan fingerprint density at radius 2 is 2.08 bits per heavy atom. The van der Waals surface area contributed by atoms with Crippen LogP contribution in [0.25, 0.3) is 5.82 Å². The van der Waals surface area contributed by atoms with Gasteiger partial charge in [-0.05, 0) is 38.5 Å². The fraction of sp³-hybridized carbons (Fsp3) is 0.412. The van der Waals surface area contributed by atoms with Gasteiger partial charge in [-0.2, -0.15) is 5.10 Å². The molecule has 2 aromatic rings. The van der Waals surface area contributed by atoms with E-state index in [1.807, 2.05) is 26.8 Å². The van der Waals surface area contributed by atoms with Crippen molar-refractivity contribution in [2.75, 3.05) is 13.2 Å². The number of esters is 1. The molecule has 0 fully saturated rings. The van der Waals surface area contributed by atoms with Gasteiger partial charge in [-0.15, -0.1) is 0 Å². The van der Waals surface area contributed by atoms with Gasteiger partial charge < -0.3 is 10.1 Å². The second-order valence-electron chi connectivity index (χ2n) is 5.62. The summed E-state index contributed by atoms with van der Waals surface area (Å²) >= 11 is 6.05. The van der Waals surface area contributed by atoms with Gasteiger partial charge in [-0.3, -0.25) is 4.79 Å². The van der Waals surface area contributed by atoms with E-state index in [0.29, 0.717) is 12.4 Å². The minimum Gasteiger partial charge on any atom is -0.451 e. The second-order valence-corrected chi connectivity index (χ2v) is 6.03. The first-order chi connectivity index (χ1) is 11.9. The summed E-state index contributed by atoms with van der Waals surface area (Å²) in [5.41, 5.74) is 1.66. The van der Waals surface area contributed by atoms with E-state index in [4.69, 9.17) is 16.3 Å². The van der Waals surface area contributed by atoms with Crippen molar-refractivity contribution >= 4 is 23.5 Å². The normalized spacial score (nSPS) is 10.6. The summed E-state index contributed by atoms with van der Waals surface area (Å²) < 4.78 is 6.61. The molecule has 0 spiro atoms. The molecule has 0 unspecified atom stereocenters. The molecule has 1 amide bonds. The molecule has 0 bridgehead atoms. The van der Waals surface area contributed by atoms with Gasteiger partial charge in [-0.25, -0.2) is 14.5 Å². The Morgan fingerprint density at radius 1 is 1.32 bits per heavy atom. The lowest BCUT2D eigenvalue weighted by molar-refractivity contribution is -0.124. The first-order valence-electron chi connectivity index (χ1n) is 8.06. The fourth-order valence-corrected chi connectivity index (χ4v) is 2.39. The van der Waals surface area contributed by atoms with Crippen molar-refractivity contribution in [3.8, 4) is 5.82 Å². The zero-order valence-corrected chi connectivity index (χ0v) is 15.3. The average molecular weight is 365 g/mol. The highest BCUT2D eigenvalue weighted by Crippen LogP contribution is 2.18. The van der Waals surface area contributed by atoms with Crippen molar-refractivity contribution in [3.05, 3.63) is 40.3 Å². The van der Waals surface area contributed by atoms with Gasteiger partial charge in [0.05, 0.1) is 10.7 Å². The maximum atomic E-state index is 12.2. The molecule has 7 nitrogen and oxygen atoms in total. The molecule has 0 radical (unpaired) electrons.